The number of hydrogen-bond donors (Lipinski definition) is 6. The smallest absolute Gasteiger partial charge is 0.335 e. The van der Waals surface area contributed by atoms with E-state index in [-0.39, 0.29) is 17.9 Å². The van der Waals surface area contributed by atoms with Gasteiger partial charge in [-0.15, -0.1) is 0 Å². The molecular weight excluding hydrogens is 458 g/mol. The van der Waals surface area contributed by atoms with Crippen molar-refractivity contribution in [1.82, 2.24) is 4.90 Å². The third-order valence-corrected chi connectivity index (χ3v) is 8.52. The highest BCUT2D eigenvalue weighted by Crippen LogP contribution is 2.66. The van der Waals surface area contributed by atoms with E-state index in [1.165, 1.54) is 18.4 Å². The van der Waals surface area contributed by atoms with E-state index in [0.717, 1.165) is 55.8 Å². The van der Waals surface area contributed by atoms with Crippen LogP contribution in [0.5, 0.6) is 11.5 Å². The maximum Gasteiger partial charge on any atom is 0.335 e. The molecule has 190 valence electrons. The fraction of sp³-hybridized carbons (Fsp3) is 0.600. The Morgan fingerprint density at radius 2 is 1.80 bits per heavy atom. The first-order valence-electron chi connectivity index (χ1n) is 12.0. The van der Waals surface area contributed by atoms with Gasteiger partial charge in [0.2, 0.25) is 0 Å². The molecule has 1 spiro atoms. The summed E-state index contributed by atoms with van der Waals surface area (Å²) >= 11 is 0. The number of aromatic hydroxyl groups is 1. The Labute approximate surface area is 202 Å². The molecule has 10 nitrogen and oxygen atoms in total. The van der Waals surface area contributed by atoms with Gasteiger partial charge >= 0.3 is 11.9 Å². The molecule has 6 atom stereocenters. The lowest BCUT2D eigenvalue weighted by Crippen LogP contribution is -2.75. The minimum Gasteiger partial charge on any atom is -0.504 e. The number of likely N-dealkylation sites (tertiary alicyclic amines) is 1. The summed E-state index contributed by atoms with van der Waals surface area (Å²) in [5.41, 5.74) is 2.21. The number of phenolic OH excluding ortho intramolecular Hbond substituents is 1. The van der Waals surface area contributed by atoms with Crippen LogP contribution in [0.25, 0.3) is 0 Å². The maximum atomic E-state index is 12.1. The van der Waals surface area contributed by atoms with Gasteiger partial charge in [-0.2, -0.15) is 0 Å². The third-order valence-electron chi connectivity index (χ3n) is 8.52. The third kappa shape index (κ3) is 3.46. The Balaban J connectivity index is 0.000000218. The Morgan fingerprint density at radius 1 is 1.14 bits per heavy atom. The van der Waals surface area contributed by atoms with E-state index >= 15 is 0 Å². The lowest BCUT2D eigenvalue weighted by atomic mass is 9.48. The summed E-state index contributed by atoms with van der Waals surface area (Å²) in [4.78, 5) is 22.1. The van der Waals surface area contributed by atoms with Gasteiger partial charge in [0.1, 0.15) is 6.10 Å². The summed E-state index contributed by atoms with van der Waals surface area (Å²) in [5.74, 6) is -1.90. The molecule has 2 aliphatic heterocycles. The van der Waals surface area contributed by atoms with Crippen LogP contribution < -0.4 is 4.74 Å². The average Bonchev–Trinajstić information content (AvgIpc) is 3.55. The first kappa shape index (κ1) is 24.1. The zero-order valence-corrected chi connectivity index (χ0v) is 19.3. The van der Waals surface area contributed by atoms with Crippen LogP contribution in [0.1, 0.15) is 43.2 Å². The van der Waals surface area contributed by atoms with Gasteiger partial charge in [-0.3, -0.25) is 4.90 Å². The monoisotopic (exact) mass is 489 g/mol. The van der Waals surface area contributed by atoms with E-state index in [4.69, 9.17) is 25.2 Å². The predicted molar refractivity (Wildman–Crippen MR) is 121 cm³/mol. The topological polar surface area (TPSA) is 168 Å². The zero-order valence-electron chi connectivity index (χ0n) is 19.3. The van der Waals surface area contributed by atoms with E-state index in [1.807, 2.05) is 6.07 Å². The Kier molecular flexibility index (Phi) is 5.63. The van der Waals surface area contributed by atoms with Gasteiger partial charge in [0, 0.05) is 18.2 Å². The van der Waals surface area contributed by atoms with Crippen LogP contribution in [0, 0.1) is 5.92 Å². The second-order valence-corrected chi connectivity index (χ2v) is 10.5. The number of piperidine rings is 1. The molecule has 0 aromatic heterocycles. The lowest BCUT2D eigenvalue weighted by Gasteiger charge is -2.63. The minimum atomic E-state index is -2.27. The van der Waals surface area contributed by atoms with E-state index in [9.17, 15) is 19.8 Å². The second-order valence-electron chi connectivity index (χ2n) is 10.5. The van der Waals surface area contributed by atoms with Gasteiger partial charge in [-0.05, 0) is 68.2 Å². The Bertz CT molecular complexity index is 1070. The number of aliphatic hydroxyl groups is 3. The molecule has 2 bridgehead atoms. The largest absolute Gasteiger partial charge is 0.504 e. The van der Waals surface area contributed by atoms with Crippen LogP contribution >= 0.6 is 0 Å². The molecular formula is C25H31NO9. The summed E-state index contributed by atoms with van der Waals surface area (Å²) in [6.07, 6.45) is 1.26. The molecule has 10 heteroatoms. The van der Waals surface area contributed by atoms with Crippen LogP contribution in [0.15, 0.2) is 24.3 Å². The molecule has 2 heterocycles. The SMILES string of the molecule is C=C1CC[C@@]2(O)[C@H]3Cc4ccc(O)c5c4[C@@]2(CCN3CC2CC2)[C@H]1O5.O=C(O)[C@@H](O)[C@H](O)C(=O)O. The molecule has 1 aromatic carbocycles. The summed E-state index contributed by atoms with van der Waals surface area (Å²) in [7, 11) is 0. The number of phenols is 1. The fourth-order valence-corrected chi connectivity index (χ4v) is 6.66. The molecule has 35 heavy (non-hydrogen) atoms. The summed E-state index contributed by atoms with van der Waals surface area (Å²) in [5, 5.41) is 55.0. The van der Waals surface area contributed by atoms with Gasteiger partial charge < -0.3 is 35.4 Å². The minimum absolute atomic E-state index is 0.157. The quantitative estimate of drug-likeness (QED) is 0.318. The van der Waals surface area contributed by atoms with E-state index < -0.39 is 35.2 Å². The van der Waals surface area contributed by atoms with E-state index in [1.54, 1.807) is 6.07 Å². The normalized spacial score (nSPS) is 34.1. The number of ether oxygens (including phenoxy) is 1. The Morgan fingerprint density at radius 3 is 2.40 bits per heavy atom. The molecule has 0 amide bonds. The number of aliphatic carboxylic acids is 2. The van der Waals surface area contributed by atoms with Gasteiger partial charge in [0.05, 0.1) is 11.0 Å². The molecule has 1 aromatic rings. The van der Waals surface area contributed by atoms with Gasteiger partial charge in [0.25, 0.3) is 0 Å². The van der Waals surface area contributed by atoms with Gasteiger partial charge in [0.15, 0.2) is 23.7 Å². The molecule has 6 N–H and O–H groups in total. The van der Waals surface area contributed by atoms with Crippen molar-refractivity contribution in [2.45, 2.75) is 73.9 Å². The first-order chi connectivity index (χ1) is 16.5. The number of carboxylic acids is 2. The second kappa shape index (κ2) is 8.19. The first-order valence-corrected chi connectivity index (χ1v) is 12.0. The van der Waals surface area contributed by atoms with Crippen LogP contribution in [0.4, 0.5) is 0 Å². The molecule has 0 unspecified atom stereocenters. The van der Waals surface area contributed by atoms with Crippen molar-refractivity contribution < 1.29 is 45.0 Å². The van der Waals surface area contributed by atoms with Crippen molar-refractivity contribution in [1.29, 1.82) is 0 Å². The number of hydrogen-bond acceptors (Lipinski definition) is 8. The lowest BCUT2D eigenvalue weighted by molar-refractivity contribution is -0.174. The molecule has 0 radical (unpaired) electrons. The highest BCUT2D eigenvalue weighted by atomic mass is 16.5. The number of benzene rings is 1. The van der Waals surface area contributed by atoms with Crippen LogP contribution in [-0.2, 0) is 21.4 Å². The highest BCUT2D eigenvalue weighted by Gasteiger charge is 2.71. The van der Waals surface area contributed by atoms with Crippen LogP contribution in [0.3, 0.4) is 0 Å². The van der Waals surface area contributed by atoms with Crippen molar-refractivity contribution >= 4 is 11.9 Å². The number of carboxylic acid groups (broad SMARTS) is 2. The van der Waals surface area contributed by atoms with E-state index in [2.05, 4.69) is 11.5 Å². The number of nitrogens with zero attached hydrogens (tertiary/aromatic N) is 1. The number of carbonyl (C=O) groups is 2. The summed E-state index contributed by atoms with van der Waals surface area (Å²) < 4.78 is 6.29. The fourth-order valence-electron chi connectivity index (χ4n) is 6.66. The van der Waals surface area contributed by atoms with E-state index in [0.29, 0.717) is 5.75 Å². The molecule has 3 aliphatic carbocycles. The summed E-state index contributed by atoms with van der Waals surface area (Å²) in [6.45, 7) is 6.40. The summed E-state index contributed by atoms with van der Waals surface area (Å²) in [6, 6.07) is 3.96. The average molecular weight is 490 g/mol. The maximum absolute atomic E-state index is 12.1. The molecule has 1 saturated heterocycles. The molecule has 3 fully saturated rings. The van der Waals surface area contributed by atoms with Crippen molar-refractivity contribution in [2.75, 3.05) is 13.1 Å². The van der Waals surface area contributed by atoms with Gasteiger partial charge in [-0.1, -0.05) is 12.6 Å². The van der Waals surface area contributed by atoms with Crippen molar-refractivity contribution in [3.05, 3.63) is 35.4 Å². The number of rotatable bonds is 5. The van der Waals surface area contributed by atoms with Gasteiger partial charge in [-0.25, -0.2) is 9.59 Å². The highest BCUT2D eigenvalue weighted by molar-refractivity contribution is 5.83. The van der Waals surface area contributed by atoms with Crippen LogP contribution in [-0.4, -0.2) is 90.5 Å². The number of aliphatic hydroxyl groups excluding tert-OH is 2. The standard InChI is InChI=1S/C21H25NO3.C4H6O6/c1-12-6-7-21(24)16-10-14-4-5-15(23)18-17(14)20(21,19(12)25-18)8-9-22(16)11-13-2-3-13;5-1(3(7)8)2(6)4(9)10/h4-5,13,16,19,23-24H,1-3,6-11H2;1-2,5-6H,(H,7,8)(H,9,10)/t16-,19+,20+,21-;1-,2-/m10/s1. The van der Waals surface area contributed by atoms with Crippen molar-refractivity contribution in [3.8, 4) is 11.5 Å². The van der Waals surface area contributed by atoms with Crippen molar-refractivity contribution in [3.63, 3.8) is 0 Å². The Hall–Kier alpha value is -2.66. The molecule has 6 rings (SSSR count). The molecule has 2 saturated carbocycles. The zero-order chi connectivity index (χ0) is 25.3. The predicted octanol–water partition coefficient (Wildman–Crippen LogP) is 0.390. The van der Waals surface area contributed by atoms with Crippen molar-refractivity contribution in [2.24, 2.45) is 5.92 Å². The molecule has 5 aliphatic rings. The van der Waals surface area contributed by atoms with Crippen LogP contribution in [0.2, 0.25) is 0 Å².